The fraction of sp³-hybridized carbons (Fsp3) is 0.486. The minimum Gasteiger partial charge on any atom is -0.460 e. The molecule has 1 heterocycles. The zero-order chi connectivity index (χ0) is 36.4. The van der Waals surface area contributed by atoms with E-state index < -0.39 is 71.7 Å². The van der Waals surface area contributed by atoms with Crippen LogP contribution in [0.2, 0.25) is 0 Å². The van der Waals surface area contributed by atoms with Gasteiger partial charge in [0.05, 0.1) is 32.6 Å². The number of hydrogen-bond acceptors (Lipinski definition) is 10. The van der Waals surface area contributed by atoms with Crippen molar-refractivity contribution in [2.75, 3.05) is 19.8 Å². The third kappa shape index (κ3) is 12.6. The molecule has 0 spiro atoms. The van der Waals surface area contributed by atoms with Crippen molar-refractivity contribution >= 4 is 35.5 Å². The molecule has 2 aromatic rings. The van der Waals surface area contributed by atoms with Crippen molar-refractivity contribution in [3.05, 3.63) is 71.3 Å². The van der Waals surface area contributed by atoms with Gasteiger partial charge in [0.2, 0.25) is 23.5 Å². The maximum Gasteiger partial charge on any atom is 0.329 e. The van der Waals surface area contributed by atoms with Gasteiger partial charge in [0.25, 0.3) is 0 Å². The smallest absolute Gasteiger partial charge is 0.329 e. The highest BCUT2D eigenvalue weighted by Crippen LogP contribution is 2.35. The summed E-state index contributed by atoms with van der Waals surface area (Å²) in [6.45, 7) is 10.00. The van der Waals surface area contributed by atoms with Crippen molar-refractivity contribution in [1.82, 2.24) is 16.0 Å². The molecule has 49 heavy (non-hydrogen) atoms. The fourth-order valence-electron chi connectivity index (χ4n) is 4.87. The number of ether oxygens (including phenoxy) is 4. The summed E-state index contributed by atoms with van der Waals surface area (Å²) in [4.78, 5) is 65.6. The van der Waals surface area contributed by atoms with Gasteiger partial charge >= 0.3 is 11.9 Å². The number of amides is 3. The summed E-state index contributed by atoms with van der Waals surface area (Å²) in [6.07, 6.45) is -0.747. The first-order valence-electron chi connectivity index (χ1n) is 15.9. The molecule has 1 aliphatic rings. The highest BCUT2D eigenvalue weighted by molar-refractivity contribution is 5.95. The monoisotopic (exact) mass is 681 g/mol. The molecule has 0 saturated carbocycles. The Hall–Kier alpha value is -4.82. The Morgan fingerprint density at radius 3 is 1.98 bits per heavy atom. The molecule has 1 saturated heterocycles. The van der Waals surface area contributed by atoms with Crippen LogP contribution in [0.4, 0.5) is 0 Å². The van der Waals surface area contributed by atoms with E-state index in [9.17, 15) is 24.0 Å². The van der Waals surface area contributed by atoms with Gasteiger partial charge in [-0.05, 0) is 47.1 Å². The Kier molecular flexibility index (Phi) is 13.0. The van der Waals surface area contributed by atoms with Gasteiger partial charge in [0, 0.05) is 17.5 Å². The number of rotatable bonds is 14. The first-order chi connectivity index (χ1) is 22.9. The highest BCUT2D eigenvalue weighted by Gasteiger charge is 2.41. The molecule has 6 N–H and O–H groups in total. The number of nitrogens with two attached hydrogens (primary N) is 1. The summed E-state index contributed by atoms with van der Waals surface area (Å²) in [5.74, 6) is -5.17. The average Bonchev–Trinajstić information content (AvgIpc) is 3.47. The summed E-state index contributed by atoms with van der Waals surface area (Å²) in [5, 5.41) is 15.2. The molecule has 14 heteroatoms. The van der Waals surface area contributed by atoms with E-state index in [-0.39, 0.29) is 31.9 Å². The van der Waals surface area contributed by atoms with Crippen LogP contribution in [-0.2, 0) is 55.1 Å². The quantitative estimate of drug-likeness (QED) is 0.111. The van der Waals surface area contributed by atoms with E-state index in [1.54, 1.807) is 90.1 Å². The maximum atomic E-state index is 13.6. The van der Waals surface area contributed by atoms with Gasteiger partial charge in [-0.15, -0.1) is 0 Å². The SMILES string of the molecule is CC(C)(C)OC(=O)C[C@H](NC(=O)CNC(=O)CC1(c2ccc(C(=N)N)cc2)OCCO1)C(=O)N[C@@H](Cc1ccccc1)C(=O)OC(C)(C)C. The molecule has 2 atom stereocenters. The van der Waals surface area contributed by atoms with Crippen molar-refractivity contribution in [3.8, 4) is 0 Å². The normalized spacial score (nSPS) is 15.3. The minimum absolute atomic E-state index is 0.0913. The van der Waals surface area contributed by atoms with Crippen LogP contribution in [-0.4, -0.2) is 78.5 Å². The van der Waals surface area contributed by atoms with Crippen LogP contribution in [0.3, 0.4) is 0 Å². The van der Waals surface area contributed by atoms with Crippen LogP contribution in [0.5, 0.6) is 0 Å². The van der Waals surface area contributed by atoms with Crippen LogP contribution < -0.4 is 21.7 Å². The number of carbonyl (C=O) groups excluding carboxylic acids is 5. The van der Waals surface area contributed by atoms with Gasteiger partial charge in [-0.1, -0.05) is 54.6 Å². The molecular weight excluding hydrogens is 634 g/mol. The largest absolute Gasteiger partial charge is 0.460 e. The molecule has 0 aromatic heterocycles. The molecule has 1 fully saturated rings. The summed E-state index contributed by atoms with van der Waals surface area (Å²) in [5.41, 5.74) is 5.59. The van der Waals surface area contributed by atoms with Crippen molar-refractivity contribution in [3.63, 3.8) is 0 Å². The molecule has 2 aromatic carbocycles. The Bertz CT molecular complexity index is 1490. The standard InChI is InChI=1S/C35H47N5O9/c1-33(2,3)48-29(43)19-25(31(44)40-26(32(45)49-34(4,5)6)18-22-10-8-7-9-11-22)39-28(42)21-38-27(41)20-35(46-16-17-47-35)24-14-12-23(13-15-24)30(36)37/h7-15,25-26H,16-21H2,1-6H3,(H3,36,37)(H,38,41)(H,39,42)(H,40,44)/t25-,26-/m0/s1. The zero-order valence-corrected chi connectivity index (χ0v) is 28.8. The van der Waals surface area contributed by atoms with Gasteiger partial charge in [-0.2, -0.15) is 0 Å². The number of nitrogens with one attached hydrogen (secondary N) is 4. The third-order valence-electron chi connectivity index (χ3n) is 6.96. The van der Waals surface area contributed by atoms with E-state index in [0.717, 1.165) is 5.56 Å². The molecule has 3 rings (SSSR count). The second-order valence-electron chi connectivity index (χ2n) is 13.6. The van der Waals surface area contributed by atoms with Crippen LogP contribution in [0.15, 0.2) is 54.6 Å². The molecule has 0 unspecified atom stereocenters. The second-order valence-corrected chi connectivity index (χ2v) is 13.6. The molecule has 1 aliphatic heterocycles. The summed E-state index contributed by atoms with van der Waals surface area (Å²) in [7, 11) is 0. The number of hydrogen-bond donors (Lipinski definition) is 5. The number of amidine groups is 1. The first kappa shape index (κ1) is 38.6. The number of nitrogen functional groups attached to an aromatic ring is 1. The lowest BCUT2D eigenvalue weighted by atomic mass is 10.00. The number of esters is 2. The van der Waals surface area contributed by atoms with E-state index in [1.807, 2.05) is 6.07 Å². The molecule has 266 valence electrons. The topological polar surface area (TPSA) is 208 Å². The van der Waals surface area contributed by atoms with Crippen LogP contribution in [0, 0.1) is 5.41 Å². The summed E-state index contributed by atoms with van der Waals surface area (Å²) < 4.78 is 22.5. The lowest BCUT2D eigenvalue weighted by Gasteiger charge is -2.28. The Balaban J connectivity index is 1.72. The van der Waals surface area contributed by atoms with E-state index >= 15 is 0 Å². The van der Waals surface area contributed by atoms with Gasteiger partial charge < -0.3 is 40.6 Å². The van der Waals surface area contributed by atoms with Crippen LogP contribution in [0.1, 0.15) is 71.1 Å². The maximum absolute atomic E-state index is 13.6. The van der Waals surface area contributed by atoms with E-state index in [4.69, 9.17) is 30.1 Å². The molecule has 14 nitrogen and oxygen atoms in total. The van der Waals surface area contributed by atoms with Crippen LogP contribution in [0.25, 0.3) is 0 Å². The first-order valence-corrected chi connectivity index (χ1v) is 15.9. The van der Waals surface area contributed by atoms with Crippen molar-refractivity contribution in [2.45, 2.75) is 89.9 Å². The van der Waals surface area contributed by atoms with Crippen molar-refractivity contribution in [2.24, 2.45) is 5.73 Å². The van der Waals surface area contributed by atoms with Gasteiger partial charge in [0.15, 0.2) is 0 Å². The zero-order valence-electron chi connectivity index (χ0n) is 28.8. The second kappa shape index (κ2) is 16.5. The number of benzene rings is 2. The summed E-state index contributed by atoms with van der Waals surface area (Å²) >= 11 is 0. The van der Waals surface area contributed by atoms with Gasteiger partial charge in [-0.3, -0.25) is 24.6 Å². The molecule has 3 amide bonds. The van der Waals surface area contributed by atoms with Crippen molar-refractivity contribution in [1.29, 1.82) is 5.41 Å². The Morgan fingerprint density at radius 2 is 1.43 bits per heavy atom. The van der Waals surface area contributed by atoms with Crippen LogP contribution >= 0.6 is 0 Å². The van der Waals surface area contributed by atoms with Crippen molar-refractivity contribution < 1.29 is 42.9 Å². The predicted octanol–water partition coefficient (Wildman–Crippen LogP) is 1.96. The van der Waals surface area contributed by atoms with E-state index in [1.165, 1.54) is 0 Å². The third-order valence-corrected chi connectivity index (χ3v) is 6.96. The molecule has 0 bridgehead atoms. The summed E-state index contributed by atoms with van der Waals surface area (Å²) in [6, 6.07) is 12.9. The Labute approximate surface area is 286 Å². The Morgan fingerprint density at radius 1 is 0.837 bits per heavy atom. The average molecular weight is 682 g/mol. The lowest BCUT2D eigenvalue weighted by molar-refractivity contribution is -0.177. The van der Waals surface area contributed by atoms with Gasteiger partial charge in [-0.25, -0.2) is 4.79 Å². The highest BCUT2D eigenvalue weighted by atomic mass is 16.7. The van der Waals surface area contributed by atoms with E-state index in [0.29, 0.717) is 11.1 Å². The molecule has 0 radical (unpaired) electrons. The predicted molar refractivity (Wildman–Crippen MR) is 179 cm³/mol. The van der Waals surface area contributed by atoms with E-state index in [2.05, 4.69) is 16.0 Å². The lowest BCUT2D eigenvalue weighted by Crippen LogP contribution is -2.55. The minimum atomic E-state index is -1.45. The number of carbonyl (C=O) groups is 5. The molecule has 0 aliphatic carbocycles. The molecular formula is C35H47N5O9. The fourth-order valence-corrected chi connectivity index (χ4v) is 4.87. The van der Waals surface area contributed by atoms with Gasteiger partial charge in [0.1, 0.15) is 29.1 Å².